The summed E-state index contributed by atoms with van der Waals surface area (Å²) in [7, 11) is 0. The fourth-order valence-corrected chi connectivity index (χ4v) is 4.93. The Hall–Kier alpha value is -2.97. The molecule has 1 saturated carbocycles. The van der Waals surface area contributed by atoms with E-state index in [1.807, 2.05) is 36.4 Å². The molecule has 5 rings (SSSR count). The molecule has 1 fully saturated rings. The lowest BCUT2D eigenvalue weighted by molar-refractivity contribution is 0.0935. The van der Waals surface area contributed by atoms with Crippen molar-refractivity contribution in [3.63, 3.8) is 0 Å². The Balaban J connectivity index is 1.33. The van der Waals surface area contributed by atoms with Crippen molar-refractivity contribution in [2.24, 2.45) is 0 Å². The number of fused-ring (bicyclic) bond motifs is 1. The third-order valence-electron chi connectivity index (χ3n) is 5.27. The first-order chi connectivity index (χ1) is 14.7. The quantitative estimate of drug-likeness (QED) is 0.485. The molecule has 2 heterocycles. The molecule has 1 aliphatic rings. The molecule has 0 spiro atoms. The maximum atomic E-state index is 13.1. The summed E-state index contributed by atoms with van der Waals surface area (Å²) in [4.78, 5) is 19.2. The monoisotopic (exact) mass is 438 g/mol. The van der Waals surface area contributed by atoms with Gasteiger partial charge >= 0.3 is 0 Å². The topological polar surface area (TPSA) is 84.7 Å². The van der Waals surface area contributed by atoms with Crippen LogP contribution in [0, 0.1) is 0 Å². The summed E-state index contributed by atoms with van der Waals surface area (Å²) in [6, 6.07) is 13.2. The van der Waals surface area contributed by atoms with Gasteiger partial charge in [0, 0.05) is 17.1 Å². The average Bonchev–Trinajstić information content (AvgIpc) is 3.49. The van der Waals surface area contributed by atoms with Gasteiger partial charge in [-0.15, -0.1) is 0 Å². The van der Waals surface area contributed by atoms with Crippen molar-refractivity contribution in [2.45, 2.75) is 31.3 Å². The predicted molar refractivity (Wildman–Crippen MR) is 119 cm³/mol. The smallest absolute Gasteiger partial charge is 0.253 e. The van der Waals surface area contributed by atoms with Gasteiger partial charge in [0.05, 0.1) is 33.9 Å². The number of anilines is 1. The second-order valence-corrected chi connectivity index (χ2v) is 8.70. The minimum Gasteiger partial charge on any atom is -0.357 e. The Morgan fingerprint density at radius 2 is 1.90 bits per heavy atom. The van der Waals surface area contributed by atoms with Gasteiger partial charge in [0.2, 0.25) is 0 Å². The number of nitrogens with zero attached hydrogens (tertiary/aromatic N) is 4. The highest BCUT2D eigenvalue weighted by atomic mass is 35.5. The maximum Gasteiger partial charge on any atom is 0.253 e. The number of para-hydroxylation sites is 1. The Kier molecular flexibility index (Phi) is 5.10. The van der Waals surface area contributed by atoms with E-state index in [2.05, 4.69) is 25.8 Å². The minimum absolute atomic E-state index is 0.0201. The van der Waals surface area contributed by atoms with Crippen molar-refractivity contribution >= 4 is 44.2 Å². The number of carbonyl (C=O) groups excluding carboxylic acids is 1. The number of amides is 1. The Bertz CT molecular complexity index is 1190. The molecule has 2 unspecified atom stereocenters. The van der Waals surface area contributed by atoms with Gasteiger partial charge in [0.15, 0.2) is 5.13 Å². The molecule has 7 nitrogen and oxygen atoms in total. The molecule has 1 aliphatic carbocycles. The van der Waals surface area contributed by atoms with Crippen molar-refractivity contribution in [2.75, 3.05) is 5.32 Å². The van der Waals surface area contributed by atoms with Gasteiger partial charge in [-0.2, -0.15) is 15.0 Å². The minimum atomic E-state index is -0.127. The van der Waals surface area contributed by atoms with Gasteiger partial charge in [-0.1, -0.05) is 35.1 Å². The van der Waals surface area contributed by atoms with Gasteiger partial charge in [0.1, 0.15) is 0 Å². The van der Waals surface area contributed by atoms with Crippen LogP contribution in [-0.2, 0) is 0 Å². The van der Waals surface area contributed by atoms with Crippen molar-refractivity contribution in [3.05, 3.63) is 65.4 Å². The lowest BCUT2D eigenvalue weighted by Crippen LogP contribution is -2.43. The zero-order valence-corrected chi connectivity index (χ0v) is 17.5. The SMILES string of the molecule is O=C(NC1CCCC1Nc1nc2cc(Cl)ccc2s1)c1ccccc1-n1nccn1. The summed E-state index contributed by atoms with van der Waals surface area (Å²) in [5.74, 6) is -0.127. The number of halogens is 1. The summed E-state index contributed by atoms with van der Waals surface area (Å²) in [5.41, 5.74) is 2.09. The van der Waals surface area contributed by atoms with Crippen molar-refractivity contribution < 1.29 is 4.79 Å². The highest BCUT2D eigenvalue weighted by Gasteiger charge is 2.30. The molecule has 9 heteroatoms. The molecular formula is C21H19ClN6OS. The second-order valence-electron chi connectivity index (χ2n) is 7.23. The van der Waals surface area contributed by atoms with E-state index in [-0.39, 0.29) is 18.0 Å². The number of nitrogens with one attached hydrogen (secondary N) is 2. The van der Waals surface area contributed by atoms with Crippen LogP contribution in [0.15, 0.2) is 54.9 Å². The standard InChI is InChI=1S/C21H19ClN6OS/c22-13-8-9-19-17(12-13)27-21(30-19)26-16-6-3-5-15(16)25-20(29)14-4-1-2-7-18(14)28-23-10-11-24-28/h1-2,4,7-12,15-16H,3,5-6H2,(H,25,29)(H,26,27). The van der Waals surface area contributed by atoms with E-state index in [0.717, 1.165) is 34.6 Å². The fraction of sp³-hybridized carbons (Fsp3) is 0.238. The van der Waals surface area contributed by atoms with Gasteiger partial charge in [-0.25, -0.2) is 4.98 Å². The van der Waals surface area contributed by atoms with Gasteiger partial charge in [-0.3, -0.25) is 4.79 Å². The average molecular weight is 439 g/mol. The molecule has 4 aromatic rings. The largest absolute Gasteiger partial charge is 0.357 e. The number of rotatable bonds is 5. The molecule has 0 radical (unpaired) electrons. The zero-order chi connectivity index (χ0) is 20.5. The highest BCUT2D eigenvalue weighted by molar-refractivity contribution is 7.22. The first-order valence-corrected chi connectivity index (χ1v) is 11.0. The van der Waals surface area contributed by atoms with Crippen LogP contribution in [0.25, 0.3) is 15.9 Å². The predicted octanol–water partition coefficient (Wildman–Crippen LogP) is 4.29. The lowest BCUT2D eigenvalue weighted by atomic mass is 10.1. The van der Waals surface area contributed by atoms with Gasteiger partial charge in [-0.05, 0) is 49.6 Å². The van der Waals surface area contributed by atoms with Gasteiger partial charge < -0.3 is 10.6 Å². The van der Waals surface area contributed by atoms with E-state index >= 15 is 0 Å². The van der Waals surface area contributed by atoms with Crippen LogP contribution in [0.5, 0.6) is 0 Å². The fourth-order valence-electron chi connectivity index (χ4n) is 3.85. The number of hydrogen-bond acceptors (Lipinski definition) is 6. The summed E-state index contributed by atoms with van der Waals surface area (Å²) < 4.78 is 1.08. The Morgan fingerprint density at radius 3 is 2.77 bits per heavy atom. The molecule has 0 bridgehead atoms. The van der Waals surface area contributed by atoms with E-state index in [4.69, 9.17) is 11.6 Å². The Morgan fingerprint density at radius 1 is 1.10 bits per heavy atom. The van der Waals surface area contributed by atoms with Crippen LogP contribution in [0.3, 0.4) is 0 Å². The van der Waals surface area contributed by atoms with Crippen LogP contribution < -0.4 is 10.6 Å². The van der Waals surface area contributed by atoms with Crippen molar-refractivity contribution in [3.8, 4) is 5.69 Å². The summed E-state index contributed by atoms with van der Waals surface area (Å²) >= 11 is 7.67. The second kappa shape index (κ2) is 8.04. The molecular weight excluding hydrogens is 420 g/mol. The summed E-state index contributed by atoms with van der Waals surface area (Å²) in [6.07, 6.45) is 6.13. The first-order valence-electron chi connectivity index (χ1n) is 9.76. The van der Waals surface area contributed by atoms with Crippen LogP contribution >= 0.6 is 22.9 Å². The van der Waals surface area contributed by atoms with E-state index in [1.165, 1.54) is 4.80 Å². The van der Waals surface area contributed by atoms with Crippen LogP contribution in [0.4, 0.5) is 5.13 Å². The molecule has 30 heavy (non-hydrogen) atoms. The number of carbonyl (C=O) groups is 1. The number of benzene rings is 2. The third kappa shape index (κ3) is 3.76. The van der Waals surface area contributed by atoms with Gasteiger partial charge in [0.25, 0.3) is 5.91 Å². The molecule has 0 aliphatic heterocycles. The highest BCUT2D eigenvalue weighted by Crippen LogP contribution is 2.31. The van der Waals surface area contributed by atoms with E-state index < -0.39 is 0 Å². The maximum absolute atomic E-state index is 13.1. The molecule has 152 valence electrons. The Labute approximate surface area is 182 Å². The summed E-state index contributed by atoms with van der Waals surface area (Å²) in [6.45, 7) is 0. The van der Waals surface area contributed by atoms with E-state index in [0.29, 0.717) is 16.3 Å². The van der Waals surface area contributed by atoms with Crippen LogP contribution in [0.1, 0.15) is 29.6 Å². The normalized spacial score (nSPS) is 18.6. The van der Waals surface area contributed by atoms with Crippen molar-refractivity contribution in [1.29, 1.82) is 0 Å². The van der Waals surface area contributed by atoms with Crippen LogP contribution in [0.2, 0.25) is 5.02 Å². The summed E-state index contributed by atoms with van der Waals surface area (Å²) in [5, 5.41) is 16.6. The molecule has 2 N–H and O–H groups in total. The first kappa shape index (κ1) is 19.0. The van der Waals surface area contributed by atoms with Crippen LogP contribution in [-0.4, -0.2) is 38.0 Å². The van der Waals surface area contributed by atoms with E-state index in [1.54, 1.807) is 29.8 Å². The number of aromatic nitrogens is 4. The lowest BCUT2D eigenvalue weighted by Gasteiger charge is -2.22. The molecule has 1 amide bonds. The number of thiazole rings is 1. The van der Waals surface area contributed by atoms with Crippen molar-refractivity contribution in [1.82, 2.24) is 25.3 Å². The zero-order valence-electron chi connectivity index (χ0n) is 16.0. The number of hydrogen-bond donors (Lipinski definition) is 2. The molecule has 2 aromatic heterocycles. The molecule has 2 atom stereocenters. The molecule has 2 aromatic carbocycles. The van der Waals surface area contributed by atoms with E-state index in [9.17, 15) is 4.79 Å². The third-order valence-corrected chi connectivity index (χ3v) is 6.48. The molecule has 0 saturated heterocycles.